The van der Waals surface area contributed by atoms with E-state index in [1.54, 1.807) is 4.57 Å². The van der Waals surface area contributed by atoms with E-state index in [0.717, 1.165) is 27.5 Å². The zero-order valence-corrected chi connectivity index (χ0v) is 11.8. The Hall–Kier alpha value is -2.35. The van der Waals surface area contributed by atoms with Crippen LogP contribution in [0.15, 0.2) is 59.5 Å². The van der Waals surface area contributed by atoms with Crippen molar-refractivity contribution in [2.45, 2.75) is 20.4 Å². The van der Waals surface area contributed by atoms with E-state index < -0.39 is 0 Å². The largest absolute Gasteiger partial charge is 0.310 e. The molecule has 0 saturated heterocycles. The van der Waals surface area contributed by atoms with E-state index in [4.69, 9.17) is 0 Å². The fourth-order valence-corrected chi connectivity index (χ4v) is 2.78. The van der Waals surface area contributed by atoms with Crippen molar-refractivity contribution in [2.75, 3.05) is 0 Å². The zero-order valence-electron chi connectivity index (χ0n) is 11.8. The minimum Gasteiger partial charge on any atom is -0.310 e. The molecular formula is C18H17NO. The molecule has 0 amide bonds. The van der Waals surface area contributed by atoms with E-state index in [-0.39, 0.29) is 5.56 Å². The quantitative estimate of drug-likeness (QED) is 0.691. The van der Waals surface area contributed by atoms with Crippen molar-refractivity contribution < 1.29 is 0 Å². The zero-order chi connectivity index (χ0) is 14.1. The Kier molecular flexibility index (Phi) is 3.15. The number of nitrogens with zero attached hydrogens (tertiary/aromatic N) is 1. The molecular weight excluding hydrogens is 246 g/mol. The summed E-state index contributed by atoms with van der Waals surface area (Å²) in [6, 6.07) is 16.0. The third kappa shape index (κ3) is 2.14. The van der Waals surface area contributed by atoms with Crippen LogP contribution >= 0.6 is 0 Å². The number of hydrogen-bond donors (Lipinski definition) is 0. The monoisotopic (exact) mass is 263 g/mol. The Morgan fingerprint density at radius 1 is 0.900 bits per heavy atom. The lowest BCUT2D eigenvalue weighted by Crippen LogP contribution is -2.21. The minimum atomic E-state index is 0.0816. The first-order valence-corrected chi connectivity index (χ1v) is 6.80. The van der Waals surface area contributed by atoms with Crippen LogP contribution in [0.2, 0.25) is 0 Å². The van der Waals surface area contributed by atoms with Gasteiger partial charge in [0.1, 0.15) is 0 Å². The van der Waals surface area contributed by atoms with Gasteiger partial charge in [0.2, 0.25) is 0 Å². The van der Waals surface area contributed by atoms with E-state index in [0.29, 0.717) is 6.54 Å². The van der Waals surface area contributed by atoms with Gasteiger partial charge in [-0.2, -0.15) is 0 Å². The Labute approximate surface area is 118 Å². The number of pyridine rings is 1. The second kappa shape index (κ2) is 4.97. The lowest BCUT2D eigenvalue weighted by atomic mass is 10.0. The molecule has 0 unspecified atom stereocenters. The fourth-order valence-electron chi connectivity index (χ4n) is 2.78. The highest BCUT2D eigenvalue weighted by Gasteiger charge is 2.08. The van der Waals surface area contributed by atoms with Crippen molar-refractivity contribution in [3.63, 3.8) is 0 Å². The van der Waals surface area contributed by atoms with E-state index in [2.05, 4.69) is 19.9 Å². The lowest BCUT2D eigenvalue weighted by molar-refractivity contribution is 0.763. The number of benzene rings is 2. The Morgan fingerprint density at radius 3 is 2.40 bits per heavy atom. The predicted octanol–water partition coefficient (Wildman–Crippen LogP) is 3.67. The summed E-state index contributed by atoms with van der Waals surface area (Å²) in [5, 5.41) is 1.89. The molecule has 0 spiro atoms. The van der Waals surface area contributed by atoms with Gasteiger partial charge < -0.3 is 4.57 Å². The standard InChI is InChI=1S/C18H17NO/c1-13-7-6-10-16-17(13)14(2)11-19(18(16)20)12-15-8-4-3-5-9-15/h3-11H,12H2,1-2H3. The Balaban J connectivity index is 2.19. The van der Waals surface area contributed by atoms with Crippen LogP contribution in [0, 0.1) is 13.8 Å². The minimum absolute atomic E-state index is 0.0816. The van der Waals surface area contributed by atoms with Crippen molar-refractivity contribution in [3.05, 3.63) is 81.8 Å². The van der Waals surface area contributed by atoms with Crippen LogP contribution < -0.4 is 5.56 Å². The number of hydrogen-bond acceptors (Lipinski definition) is 1. The summed E-state index contributed by atoms with van der Waals surface area (Å²) in [5.41, 5.74) is 3.52. The topological polar surface area (TPSA) is 22.0 Å². The molecule has 0 atom stereocenters. The molecule has 2 aromatic carbocycles. The molecule has 2 nitrogen and oxygen atoms in total. The van der Waals surface area contributed by atoms with E-state index in [1.807, 2.05) is 48.7 Å². The molecule has 0 bridgehead atoms. The third-order valence-electron chi connectivity index (χ3n) is 3.70. The van der Waals surface area contributed by atoms with Gasteiger partial charge in [-0.3, -0.25) is 4.79 Å². The number of fused-ring (bicyclic) bond motifs is 1. The molecule has 1 heterocycles. The van der Waals surface area contributed by atoms with Crippen molar-refractivity contribution in [1.29, 1.82) is 0 Å². The molecule has 20 heavy (non-hydrogen) atoms. The van der Waals surface area contributed by atoms with Gasteiger partial charge in [0.25, 0.3) is 5.56 Å². The second-order valence-corrected chi connectivity index (χ2v) is 5.23. The first-order valence-electron chi connectivity index (χ1n) is 6.80. The van der Waals surface area contributed by atoms with Crippen LogP contribution in [0.5, 0.6) is 0 Å². The third-order valence-corrected chi connectivity index (χ3v) is 3.70. The van der Waals surface area contributed by atoms with Crippen LogP contribution in [0.1, 0.15) is 16.7 Å². The molecule has 3 aromatic rings. The predicted molar refractivity (Wildman–Crippen MR) is 83.2 cm³/mol. The van der Waals surface area contributed by atoms with Crippen molar-refractivity contribution in [3.8, 4) is 0 Å². The molecule has 0 aliphatic rings. The highest BCUT2D eigenvalue weighted by Crippen LogP contribution is 2.19. The van der Waals surface area contributed by atoms with Crippen LogP contribution in [0.3, 0.4) is 0 Å². The molecule has 1 aromatic heterocycles. The molecule has 0 fully saturated rings. The van der Waals surface area contributed by atoms with Gasteiger partial charge in [0.05, 0.1) is 6.54 Å². The van der Waals surface area contributed by atoms with Crippen LogP contribution in [-0.2, 0) is 6.54 Å². The molecule has 2 heteroatoms. The van der Waals surface area contributed by atoms with E-state index in [9.17, 15) is 4.79 Å². The average molecular weight is 263 g/mol. The first kappa shape index (κ1) is 12.7. The van der Waals surface area contributed by atoms with Gasteiger partial charge in [-0.05, 0) is 42.0 Å². The molecule has 0 radical (unpaired) electrons. The summed E-state index contributed by atoms with van der Waals surface area (Å²) in [6.45, 7) is 4.73. The highest BCUT2D eigenvalue weighted by molar-refractivity contribution is 5.87. The smallest absolute Gasteiger partial charge is 0.258 e. The maximum atomic E-state index is 12.6. The summed E-state index contributed by atoms with van der Waals surface area (Å²) in [6.07, 6.45) is 1.96. The van der Waals surface area contributed by atoms with Gasteiger partial charge in [-0.25, -0.2) is 0 Å². The summed E-state index contributed by atoms with van der Waals surface area (Å²) in [7, 11) is 0. The highest BCUT2D eigenvalue weighted by atomic mass is 16.1. The van der Waals surface area contributed by atoms with Crippen molar-refractivity contribution in [2.24, 2.45) is 0 Å². The van der Waals surface area contributed by atoms with Gasteiger partial charge in [-0.1, -0.05) is 42.5 Å². The number of aryl methyl sites for hydroxylation is 2. The second-order valence-electron chi connectivity index (χ2n) is 5.23. The summed E-state index contributed by atoms with van der Waals surface area (Å²) >= 11 is 0. The van der Waals surface area contributed by atoms with Gasteiger partial charge in [-0.15, -0.1) is 0 Å². The van der Waals surface area contributed by atoms with Gasteiger partial charge in [0, 0.05) is 11.6 Å². The van der Waals surface area contributed by atoms with Crippen LogP contribution in [-0.4, -0.2) is 4.57 Å². The summed E-state index contributed by atoms with van der Waals surface area (Å²) < 4.78 is 1.80. The van der Waals surface area contributed by atoms with Crippen LogP contribution in [0.25, 0.3) is 10.8 Å². The normalized spacial score (nSPS) is 10.9. The molecule has 0 N–H and O–H groups in total. The average Bonchev–Trinajstić information content (AvgIpc) is 2.45. The van der Waals surface area contributed by atoms with Gasteiger partial charge >= 0.3 is 0 Å². The maximum Gasteiger partial charge on any atom is 0.258 e. The SMILES string of the molecule is Cc1cccc2c(=O)n(Cc3ccccc3)cc(C)c12. The lowest BCUT2D eigenvalue weighted by Gasteiger charge is -2.11. The molecule has 0 saturated carbocycles. The Bertz CT molecular complexity index is 816. The van der Waals surface area contributed by atoms with Crippen molar-refractivity contribution in [1.82, 2.24) is 4.57 Å². The van der Waals surface area contributed by atoms with E-state index >= 15 is 0 Å². The molecule has 3 rings (SSSR count). The number of aromatic nitrogens is 1. The summed E-state index contributed by atoms with van der Waals surface area (Å²) in [5.74, 6) is 0. The molecule has 100 valence electrons. The maximum absolute atomic E-state index is 12.6. The van der Waals surface area contributed by atoms with Crippen molar-refractivity contribution >= 4 is 10.8 Å². The number of rotatable bonds is 2. The fraction of sp³-hybridized carbons (Fsp3) is 0.167. The van der Waals surface area contributed by atoms with E-state index in [1.165, 1.54) is 0 Å². The first-order chi connectivity index (χ1) is 9.66. The summed E-state index contributed by atoms with van der Waals surface area (Å²) in [4.78, 5) is 12.6. The Morgan fingerprint density at radius 2 is 1.65 bits per heavy atom. The molecule has 0 aliphatic heterocycles. The molecule has 0 aliphatic carbocycles. The van der Waals surface area contributed by atoms with Crippen LogP contribution in [0.4, 0.5) is 0 Å². The van der Waals surface area contributed by atoms with Gasteiger partial charge in [0.15, 0.2) is 0 Å².